The minimum atomic E-state index is -0.912. The molecule has 6 heteroatoms. The number of fused-ring (bicyclic) bond motifs is 1. The number of hydrogen-bond acceptors (Lipinski definition) is 5. The number of hydrogen-bond donors (Lipinski definition) is 0. The number of ether oxygens (including phenoxy) is 2. The maximum atomic E-state index is 12.8. The number of anilines is 1. The Balaban J connectivity index is 1.55. The molecule has 28 heavy (non-hydrogen) atoms. The molecule has 0 aliphatic carbocycles. The predicted molar refractivity (Wildman–Crippen MR) is 105 cm³/mol. The Morgan fingerprint density at radius 3 is 2.46 bits per heavy atom. The van der Waals surface area contributed by atoms with Crippen molar-refractivity contribution in [3.8, 4) is 5.75 Å². The summed E-state index contributed by atoms with van der Waals surface area (Å²) >= 11 is 0. The van der Waals surface area contributed by atoms with Gasteiger partial charge in [-0.2, -0.15) is 0 Å². The molecule has 1 aliphatic heterocycles. The average molecular weight is 381 g/mol. The van der Waals surface area contributed by atoms with Crippen LogP contribution < -0.4 is 9.64 Å². The molecule has 2 aromatic carbocycles. The van der Waals surface area contributed by atoms with Crippen molar-refractivity contribution in [1.29, 1.82) is 0 Å². The molecular weight excluding hydrogens is 358 g/mol. The second kappa shape index (κ2) is 8.25. The predicted octanol–water partition coefficient (Wildman–Crippen LogP) is 3.18. The number of para-hydroxylation sites is 1. The minimum absolute atomic E-state index is 0.0158. The zero-order valence-electron chi connectivity index (χ0n) is 16.2. The maximum Gasteiger partial charge on any atom is 0.344 e. The third-order valence-electron chi connectivity index (χ3n) is 4.72. The molecule has 3 rings (SSSR count). The fraction of sp³-hybridized carbons (Fsp3) is 0.318. The zero-order chi connectivity index (χ0) is 20.3. The number of Topliss-reactive ketones (excluding diaryl/α,β-unsaturated/α-hetero) is 1. The largest absolute Gasteiger partial charge is 0.482 e. The Labute approximate surface area is 164 Å². The van der Waals surface area contributed by atoms with E-state index in [1.54, 1.807) is 36.1 Å². The standard InChI is InChI=1S/C22H23NO5/c1-14-12-18-6-4-5-7-20(18)23(14)22(26)16(3)28-21(25)13-27-19-10-8-17(9-11-19)15(2)24/h4-11,14,16H,12-13H2,1-3H3/t14-,16-/m1/s1. The smallest absolute Gasteiger partial charge is 0.344 e. The molecule has 0 bridgehead atoms. The van der Waals surface area contributed by atoms with Crippen molar-refractivity contribution in [2.75, 3.05) is 11.5 Å². The van der Waals surface area contributed by atoms with Gasteiger partial charge in [-0.15, -0.1) is 0 Å². The highest BCUT2D eigenvalue weighted by Gasteiger charge is 2.34. The first-order valence-electron chi connectivity index (χ1n) is 9.21. The summed E-state index contributed by atoms with van der Waals surface area (Å²) in [6, 6.07) is 14.2. The van der Waals surface area contributed by atoms with Gasteiger partial charge in [0, 0.05) is 17.3 Å². The van der Waals surface area contributed by atoms with Gasteiger partial charge in [0.25, 0.3) is 5.91 Å². The van der Waals surface area contributed by atoms with Crippen LogP contribution in [0.4, 0.5) is 5.69 Å². The van der Waals surface area contributed by atoms with Crippen LogP contribution in [0.25, 0.3) is 0 Å². The summed E-state index contributed by atoms with van der Waals surface area (Å²) in [4.78, 5) is 37.8. The summed E-state index contributed by atoms with van der Waals surface area (Å²) in [6.45, 7) is 4.70. The lowest BCUT2D eigenvalue weighted by Crippen LogP contribution is -2.43. The summed E-state index contributed by atoms with van der Waals surface area (Å²) in [5, 5.41) is 0. The van der Waals surface area contributed by atoms with Gasteiger partial charge in [0.1, 0.15) is 5.75 Å². The molecule has 0 saturated carbocycles. The Bertz CT molecular complexity index is 890. The van der Waals surface area contributed by atoms with Gasteiger partial charge in [-0.05, 0) is 63.1 Å². The number of amides is 1. The maximum absolute atomic E-state index is 12.8. The van der Waals surface area contributed by atoms with E-state index in [9.17, 15) is 14.4 Å². The molecule has 146 valence electrons. The molecule has 0 saturated heterocycles. The highest BCUT2D eigenvalue weighted by Crippen LogP contribution is 2.32. The molecule has 0 aromatic heterocycles. The lowest BCUT2D eigenvalue weighted by molar-refractivity contribution is -0.155. The minimum Gasteiger partial charge on any atom is -0.482 e. The SMILES string of the molecule is CC(=O)c1ccc(OCC(=O)O[C@H](C)C(=O)N2c3ccccc3C[C@H]2C)cc1. The Morgan fingerprint density at radius 2 is 1.79 bits per heavy atom. The average Bonchev–Trinajstić information content (AvgIpc) is 3.01. The van der Waals surface area contributed by atoms with E-state index in [0.29, 0.717) is 11.3 Å². The number of nitrogens with zero attached hydrogens (tertiary/aromatic N) is 1. The lowest BCUT2D eigenvalue weighted by atomic mass is 10.1. The molecule has 6 nitrogen and oxygen atoms in total. The highest BCUT2D eigenvalue weighted by molar-refractivity contribution is 5.99. The van der Waals surface area contributed by atoms with Crippen molar-refractivity contribution in [2.24, 2.45) is 0 Å². The van der Waals surface area contributed by atoms with Crippen molar-refractivity contribution in [2.45, 2.75) is 39.3 Å². The van der Waals surface area contributed by atoms with Crippen LogP contribution in [0.15, 0.2) is 48.5 Å². The summed E-state index contributed by atoms with van der Waals surface area (Å²) in [5.74, 6) is -0.479. The van der Waals surface area contributed by atoms with Crippen molar-refractivity contribution in [1.82, 2.24) is 0 Å². The van der Waals surface area contributed by atoms with Crippen LogP contribution >= 0.6 is 0 Å². The monoisotopic (exact) mass is 381 g/mol. The fourth-order valence-electron chi connectivity index (χ4n) is 3.31. The molecule has 0 fully saturated rings. The topological polar surface area (TPSA) is 72.9 Å². The van der Waals surface area contributed by atoms with Gasteiger partial charge in [0.15, 0.2) is 18.5 Å². The molecule has 1 amide bonds. The van der Waals surface area contributed by atoms with Gasteiger partial charge in [-0.25, -0.2) is 4.79 Å². The highest BCUT2D eigenvalue weighted by atomic mass is 16.6. The Hall–Kier alpha value is -3.15. The quantitative estimate of drug-likeness (QED) is 0.568. The third kappa shape index (κ3) is 4.22. The first-order valence-corrected chi connectivity index (χ1v) is 9.21. The zero-order valence-corrected chi connectivity index (χ0v) is 16.2. The second-order valence-electron chi connectivity index (χ2n) is 6.89. The number of carbonyl (C=O) groups excluding carboxylic acids is 3. The molecule has 0 unspecified atom stereocenters. The summed E-state index contributed by atoms with van der Waals surface area (Å²) < 4.78 is 10.6. The van der Waals surface area contributed by atoms with Crippen LogP contribution in [0.2, 0.25) is 0 Å². The first-order chi connectivity index (χ1) is 13.4. The second-order valence-corrected chi connectivity index (χ2v) is 6.89. The van der Waals surface area contributed by atoms with E-state index < -0.39 is 12.1 Å². The summed E-state index contributed by atoms with van der Waals surface area (Å²) in [6.07, 6.45) is -0.133. The van der Waals surface area contributed by atoms with Gasteiger partial charge in [0.2, 0.25) is 0 Å². The molecular formula is C22H23NO5. The fourth-order valence-corrected chi connectivity index (χ4v) is 3.31. The number of ketones is 1. The molecule has 0 spiro atoms. The number of rotatable bonds is 6. The molecule has 2 atom stereocenters. The van der Waals surface area contributed by atoms with E-state index in [1.165, 1.54) is 6.92 Å². The molecule has 1 aliphatic rings. The van der Waals surface area contributed by atoms with E-state index in [-0.39, 0.29) is 24.3 Å². The van der Waals surface area contributed by atoms with Crippen LogP contribution in [0.5, 0.6) is 5.75 Å². The summed E-state index contributed by atoms with van der Waals surface area (Å²) in [5.41, 5.74) is 2.54. The van der Waals surface area contributed by atoms with Crippen LogP contribution in [0.1, 0.15) is 36.7 Å². The van der Waals surface area contributed by atoms with E-state index in [0.717, 1.165) is 17.7 Å². The molecule has 1 heterocycles. The third-order valence-corrected chi connectivity index (χ3v) is 4.72. The van der Waals surface area contributed by atoms with Gasteiger partial charge >= 0.3 is 5.97 Å². The molecule has 0 N–H and O–H groups in total. The number of esters is 1. The Kier molecular flexibility index (Phi) is 5.78. The van der Waals surface area contributed by atoms with E-state index in [4.69, 9.17) is 9.47 Å². The molecule has 0 radical (unpaired) electrons. The van der Waals surface area contributed by atoms with E-state index in [2.05, 4.69) is 0 Å². The number of benzene rings is 2. The lowest BCUT2D eigenvalue weighted by Gasteiger charge is -2.25. The summed E-state index contributed by atoms with van der Waals surface area (Å²) in [7, 11) is 0. The van der Waals surface area contributed by atoms with Gasteiger partial charge in [0.05, 0.1) is 0 Å². The van der Waals surface area contributed by atoms with Crippen LogP contribution in [0, 0.1) is 0 Å². The number of carbonyl (C=O) groups is 3. The van der Waals surface area contributed by atoms with E-state index >= 15 is 0 Å². The van der Waals surface area contributed by atoms with Crippen molar-refractivity contribution < 1.29 is 23.9 Å². The van der Waals surface area contributed by atoms with Crippen molar-refractivity contribution in [3.05, 3.63) is 59.7 Å². The van der Waals surface area contributed by atoms with Crippen molar-refractivity contribution >= 4 is 23.3 Å². The first kappa shape index (κ1) is 19.6. The van der Waals surface area contributed by atoms with Crippen LogP contribution in [0.3, 0.4) is 0 Å². The Morgan fingerprint density at radius 1 is 1.11 bits per heavy atom. The molecule has 2 aromatic rings. The van der Waals surface area contributed by atoms with Gasteiger partial charge in [-0.3, -0.25) is 9.59 Å². The van der Waals surface area contributed by atoms with Crippen LogP contribution in [-0.2, 0) is 20.7 Å². The van der Waals surface area contributed by atoms with Crippen LogP contribution in [-0.4, -0.2) is 36.4 Å². The normalized spacial score (nSPS) is 16.2. The van der Waals surface area contributed by atoms with E-state index in [1.807, 2.05) is 31.2 Å². The van der Waals surface area contributed by atoms with Gasteiger partial charge < -0.3 is 14.4 Å². The van der Waals surface area contributed by atoms with Gasteiger partial charge in [-0.1, -0.05) is 18.2 Å². The van der Waals surface area contributed by atoms with Crippen molar-refractivity contribution in [3.63, 3.8) is 0 Å².